The lowest BCUT2D eigenvalue weighted by Crippen LogP contribution is -1.81. The van der Waals surface area contributed by atoms with Crippen LogP contribution in [0.3, 0.4) is 0 Å². The molecule has 1 atom stereocenters. The van der Waals surface area contributed by atoms with E-state index in [4.69, 9.17) is 5.26 Å². The highest BCUT2D eigenvalue weighted by atomic mass is 14.2. The lowest BCUT2D eigenvalue weighted by molar-refractivity contribution is 0.713. The van der Waals surface area contributed by atoms with Gasteiger partial charge in [-0.15, -0.1) is 0 Å². The van der Waals surface area contributed by atoms with Crippen molar-refractivity contribution in [3.63, 3.8) is 0 Å². The zero-order valence-corrected chi connectivity index (χ0v) is 9.77. The highest BCUT2D eigenvalue weighted by Crippen LogP contribution is 1.99. The first kappa shape index (κ1) is 13.4. The second-order valence-electron chi connectivity index (χ2n) is 3.35. The van der Waals surface area contributed by atoms with Crippen LogP contribution in [-0.2, 0) is 0 Å². The third-order valence-corrected chi connectivity index (χ3v) is 1.99. The Hall–Kier alpha value is -1.55. The SMILES string of the molecule is CC=Cc1ccccc1.CCC(C)C#N. The molecule has 0 amide bonds. The van der Waals surface area contributed by atoms with Gasteiger partial charge >= 0.3 is 0 Å². The van der Waals surface area contributed by atoms with Gasteiger partial charge in [-0.3, -0.25) is 0 Å². The van der Waals surface area contributed by atoms with Crippen molar-refractivity contribution >= 4 is 6.08 Å². The number of allylic oxidation sites excluding steroid dienone is 1. The topological polar surface area (TPSA) is 23.8 Å². The molecule has 0 N–H and O–H groups in total. The van der Waals surface area contributed by atoms with E-state index >= 15 is 0 Å². The van der Waals surface area contributed by atoms with Crippen LogP contribution in [0.1, 0.15) is 32.8 Å². The summed E-state index contributed by atoms with van der Waals surface area (Å²) in [6, 6.07) is 12.4. The quantitative estimate of drug-likeness (QED) is 0.700. The van der Waals surface area contributed by atoms with Crippen LogP contribution < -0.4 is 0 Å². The van der Waals surface area contributed by atoms with E-state index in [0.29, 0.717) is 0 Å². The highest BCUT2D eigenvalue weighted by molar-refractivity contribution is 5.47. The normalized spacial score (nSPS) is 11.3. The van der Waals surface area contributed by atoms with Crippen LogP contribution >= 0.6 is 0 Å². The maximum atomic E-state index is 8.08. The number of nitrogens with zero attached hydrogens (tertiary/aromatic N) is 1. The molecular weight excluding hydrogens is 182 g/mol. The van der Waals surface area contributed by atoms with Gasteiger partial charge in [0, 0.05) is 5.92 Å². The highest BCUT2D eigenvalue weighted by Gasteiger charge is 1.88. The van der Waals surface area contributed by atoms with Crippen LogP contribution in [0.25, 0.3) is 6.08 Å². The van der Waals surface area contributed by atoms with Crippen LogP contribution in [0.15, 0.2) is 36.4 Å². The molecule has 0 aromatic heterocycles. The Morgan fingerprint density at radius 3 is 2.27 bits per heavy atom. The Kier molecular flexibility index (Phi) is 8.09. The van der Waals surface area contributed by atoms with Crippen molar-refractivity contribution in [1.29, 1.82) is 5.26 Å². The average molecular weight is 201 g/mol. The summed E-state index contributed by atoms with van der Waals surface area (Å²) in [5, 5.41) is 8.08. The standard InChI is InChI=1S/C9H10.C5H9N/c1-2-6-9-7-4-3-5-8-9;1-3-5(2)4-6/h2-8H,1H3;5H,3H2,1-2H3. The molecule has 0 heterocycles. The van der Waals surface area contributed by atoms with Crippen LogP contribution in [0, 0.1) is 17.2 Å². The Balaban J connectivity index is 0.000000288. The third-order valence-electron chi connectivity index (χ3n) is 1.99. The third kappa shape index (κ3) is 7.52. The predicted octanol–water partition coefficient (Wildman–Crippen LogP) is 4.28. The second-order valence-corrected chi connectivity index (χ2v) is 3.35. The van der Waals surface area contributed by atoms with Gasteiger partial charge in [0.1, 0.15) is 0 Å². The van der Waals surface area contributed by atoms with E-state index in [0.717, 1.165) is 6.42 Å². The fourth-order valence-corrected chi connectivity index (χ4v) is 0.848. The van der Waals surface area contributed by atoms with Crippen LogP contribution in [-0.4, -0.2) is 0 Å². The maximum absolute atomic E-state index is 8.08. The van der Waals surface area contributed by atoms with E-state index < -0.39 is 0 Å². The van der Waals surface area contributed by atoms with Gasteiger partial charge in [-0.1, -0.05) is 49.4 Å². The molecule has 80 valence electrons. The smallest absolute Gasteiger partial charge is 0.0652 e. The van der Waals surface area contributed by atoms with Gasteiger partial charge in [0.2, 0.25) is 0 Å². The minimum atomic E-state index is 0.241. The molecule has 0 saturated heterocycles. The molecule has 0 radical (unpaired) electrons. The Labute approximate surface area is 93.1 Å². The van der Waals surface area contributed by atoms with Crippen molar-refractivity contribution in [2.24, 2.45) is 5.92 Å². The summed E-state index contributed by atoms with van der Waals surface area (Å²) in [5.74, 6) is 0.241. The number of hydrogen-bond donors (Lipinski definition) is 0. The summed E-state index contributed by atoms with van der Waals surface area (Å²) in [6.45, 7) is 5.95. The van der Waals surface area contributed by atoms with Gasteiger partial charge in [-0.2, -0.15) is 5.26 Å². The Morgan fingerprint density at radius 1 is 1.33 bits per heavy atom. The van der Waals surface area contributed by atoms with Crippen molar-refractivity contribution < 1.29 is 0 Å². The maximum Gasteiger partial charge on any atom is 0.0652 e. The molecule has 0 aliphatic carbocycles. The molecule has 1 rings (SSSR count). The van der Waals surface area contributed by atoms with Crippen molar-refractivity contribution in [2.45, 2.75) is 27.2 Å². The summed E-state index contributed by atoms with van der Waals surface area (Å²) >= 11 is 0. The average Bonchev–Trinajstić information content (AvgIpc) is 2.31. The van der Waals surface area contributed by atoms with Crippen molar-refractivity contribution in [1.82, 2.24) is 0 Å². The van der Waals surface area contributed by atoms with Crippen LogP contribution in [0.4, 0.5) is 0 Å². The molecule has 1 nitrogen and oxygen atoms in total. The first-order valence-electron chi connectivity index (χ1n) is 5.32. The summed E-state index contributed by atoms with van der Waals surface area (Å²) in [6.07, 6.45) is 5.09. The molecule has 0 aliphatic rings. The van der Waals surface area contributed by atoms with E-state index in [1.165, 1.54) is 5.56 Å². The van der Waals surface area contributed by atoms with Crippen molar-refractivity contribution in [3.05, 3.63) is 42.0 Å². The monoisotopic (exact) mass is 201 g/mol. The summed E-state index contributed by atoms with van der Waals surface area (Å²) in [5.41, 5.74) is 1.26. The summed E-state index contributed by atoms with van der Waals surface area (Å²) < 4.78 is 0. The first-order valence-corrected chi connectivity index (χ1v) is 5.32. The van der Waals surface area contributed by atoms with Crippen molar-refractivity contribution in [2.75, 3.05) is 0 Å². The zero-order chi connectivity index (χ0) is 11.5. The molecule has 0 bridgehead atoms. The number of nitriles is 1. The zero-order valence-electron chi connectivity index (χ0n) is 9.77. The minimum absolute atomic E-state index is 0.241. The molecule has 0 saturated carbocycles. The van der Waals surface area contributed by atoms with Gasteiger partial charge in [0.25, 0.3) is 0 Å². The van der Waals surface area contributed by atoms with Gasteiger partial charge < -0.3 is 0 Å². The molecule has 15 heavy (non-hydrogen) atoms. The molecule has 0 spiro atoms. The fourth-order valence-electron chi connectivity index (χ4n) is 0.848. The van der Waals surface area contributed by atoms with Gasteiger partial charge in [-0.25, -0.2) is 0 Å². The minimum Gasteiger partial charge on any atom is -0.198 e. The van der Waals surface area contributed by atoms with Crippen LogP contribution in [0.5, 0.6) is 0 Å². The Bertz CT molecular complexity index is 306. The van der Waals surface area contributed by atoms with Gasteiger partial charge in [0.15, 0.2) is 0 Å². The van der Waals surface area contributed by atoms with Crippen molar-refractivity contribution in [3.8, 4) is 6.07 Å². The molecule has 1 heteroatoms. The molecular formula is C14H19N. The molecule has 0 fully saturated rings. The van der Waals surface area contributed by atoms with E-state index in [2.05, 4.69) is 24.3 Å². The second kappa shape index (κ2) is 9.02. The molecule has 1 unspecified atom stereocenters. The predicted molar refractivity (Wildman–Crippen MR) is 66.2 cm³/mol. The molecule has 0 aliphatic heterocycles. The summed E-state index contributed by atoms with van der Waals surface area (Å²) in [7, 11) is 0. The van der Waals surface area contributed by atoms with E-state index in [1.54, 1.807) is 0 Å². The summed E-state index contributed by atoms with van der Waals surface area (Å²) in [4.78, 5) is 0. The Morgan fingerprint density at radius 2 is 1.93 bits per heavy atom. The van der Waals surface area contributed by atoms with E-state index in [1.807, 2.05) is 45.0 Å². The van der Waals surface area contributed by atoms with Gasteiger partial charge in [0.05, 0.1) is 6.07 Å². The fraction of sp³-hybridized carbons (Fsp3) is 0.357. The van der Waals surface area contributed by atoms with Gasteiger partial charge in [-0.05, 0) is 25.8 Å². The largest absolute Gasteiger partial charge is 0.198 e. The first-order chi connectivity index (χ1) is 7.24. The molecule has 1 aromatic carbocycles. The lowest BCUT2D eigenvalue weighted by atomic mass is 10.2. The molecule has 1 aromatic rings. The lowest BCUT2D eigenvalue weighted by Gasteiger charge is -1.87. The number of hydrogen-bond acceptors (Lipinski definition) is 1. The van der Waals surface area contributed by atoms with E-state index in [-0.39, 0.29) is 5.92 Å². The van der Waals surface area contributed by atoms with Crippen LogP contribution in [0.2, 0.25) is 0 Å². The van der Waals surface area contributed by atoms with E-state index in [9.17, 15) is 0 Å². The number of benzene rings is 1. The number of rotatable bonds is 2.